The molecule has 0 amide bonds. The van der Waals surface area contributed by atoms with Gasteiger partial charge in [-0.15, -0.1) is 0 Å². The standard InChI is InChI=1S/C15H24N2O2/c1-4-11-5-7-12(8-6-11)14-16-10-9-13(17-14)15(18-2)19-3/h9-12,15H,4-8H2,1-3H3. The van der Waals surface area contributed by atoms with Crippen molar-refractivity contribution in [2.45, 2.75) is 51.2 Å². The summed E-state index contributed by atoms with van der Waals surface area (Å²) in [4.78, 5) is 9.07. The van der Waals surface area contributed by atoms with Crippen molar-refractivity contribution in [1.82, 2.24) is 9.97 Å². The third kappa shape index (κ3) is 3.51. The van der Waals surface area contributed by atoms with Gasteiger partial charge in [0.1, 0.15) is 5.82 Å². The molecule has 1 fully saturated rings. The Morgan fingerprint density at radius 1 is 1.21 bits per heavy atom. The van der Waals surface area contributed by atoms with Crippen LogP contribution >= 0.6 is 0 Å². The smallest absolute Gasteiger partial charge is 0.200 e. The van der Waals surface area contributed by atoms with Crippen molar-refractivity contribution < 1.29 is 9.47 Å². The zero-order valence-corrected chi connectivity index (χ0v) is 12.1. The summed E-state index contributed by atoms with van der Waals surface area (Å²) in [6.45, 7) is 2.28. The van der Waals surface area contributed by atoms with Gasteiger partial charge < -0.3 is 9.47 Å². The number of methoxy groups -OCH3 is 2. The second-order valence-electron chi connectivity index (χ2n) is 5.27. The molecule has 2 rings (SSSR count). The van der Waals surface area contributed by atoms with Crippen LogP contribution in [0.25, 0.3) is 0 Å². The summed E-state index contributed by atoms with van der Waals surface area (Å²) in [6.07, 6.45) is 7.71. The molecular weight excluding hydrogens is 240 g/mol. The highest BCUT2D eigenvalue weighted by Crippen LogP contribution is 2.35. The van der Waals surface area contributed by atoms with Crippen LogP contribution in [-0.2, 0) is 9.47 Å². The van der Waals surface area contributed by atoms with Crippen LogP contribution in [0.1, 0.15) is 62.8 Å². The minimum Gasteiger partial charge on any atom is -0.350 e. The lowest BCUT2D eigenvalue weighted by Crippen LogP contribution is -2.16. The first-order valence-electron chi connectivity index (χ1n) is 7.16. The molecule has 0 radical (unpaired) electrons. The van der Waals surface area contributed by atoms with Gasteiger partial charge in [-0.25, -0.2) is 9.97 Å². The Morgan fingerprint density at radius 2 is 1.89 bits per heavy atom. The molecule has 1 heterocycles. The molecule has 1 aromatic rings. The van der Waals surface area contributed by atoms with Gasteiger partial charge in [0.05, 0.1) is 5.69 Å². The molecule has 0 aromatic carbocycles. The summed E-state index contributed by atoms with van der Waals surface area (Å²) in [6, 6.07) is 1.86. The van der Waals surface area contributed by atoms with Gasteiger partial charge >= 0.3 is 0 Å². The largest absolute Gasteiger partial charge is 0.350 e. The van der Waals surface area contributed by atoms with Gasteiger partial charge in [-0.2, -0.15) is 0 Å². The monoisotopic (exact) mass is 264 g/mol. The number of hydrogen-bond donors (Lipinski definition) is 0. The lowest BCUT2D eigenvalue weighted by atomic mass is 9.80. The van der Waals surface area contributed by atoms with Gasteiger partial charge in [-0.3, -0.25) is 0 Å². The van der Waals surface area contributed by atoms with E-state index in [-0.39, 0.29) is 0 Å². The predicted octanol–water partition coefficient (Wildman–Crippen LogP) is 3.45. The molecule has 106 valence electrons. The molecule has 0 N–H and O–H groups in total. The van der Waals surface area contributed by atoms with Crippen molar-refractivity contribution in [3.8, 4) is 0 Å². The molecule has 4 heteroatoms. The van der Waals surface area contributed by atoms with Crippen molar-refractivity contribution >= 4 is 0 Å². The highest BCUT2D eigenvalue weighted by Gasteiger charge is 2.24. The number of aromatic nitrogens is 2. The quantitative estimate of drug-likeness (QED) is 0.764. The van der Waals surface area contributed by atoms with Crippen molar-refractivity contribution in [2.75, 3.05) is 14.2 Å². The van der Waals surface area contributed by atoms with Crippen LogP contribution in [0.5, 0.6) is 0 Å². The van der Waals surface area contributed by atoms with E-state index in [4.69, 9.17) is 9.47 Å². The average Bonchev–Trinajstić information content (AvgIpc) is 2.49. The maximum Gasteiger partial charge on any atom is 0.200 e. The summed E-state index contributed by atoms with van der Waals surface area (Å²) in [5.41, 5.74) is 0.813. The highest BCUT2D eigenvalue weighted by molar-refractivity contribution is 5.08. The minimum absolute atomic E-state index is 0.395. The fourth-order valence-electron chi connectivity index (χ4n) is 2.88. The molecule has 19 heavy (non-hydrogen) atoms. The zero-order chi connectivity index (χ0) is 13.7. The summed E-state index contributed by atoms with van der Waals surface area (Å²) in [7, 11) is 3.25. The first kappa shape index (κ1) is 14.4. The van der Waals surface area contributed by atoms with E-state index in [1.807, 2.05) is 12.3 Å². The van der Waals surface area contributed by atoms with Gasteiger partial charge in [0, 0.05) is 26.3 Å². The van der Waals surface area contributed by atoms with Gasteiger partial charge in [-0.1, -0.05) is 13.3 Å². The summed E-state index contributed by atoms with van der Waals surface area (Å²) in [5.74, 6) is 2.34. The molecule has 0 bridgehead atoms. The Balaban J connectivity index is 2.07. The van der Waals surface area contributed by atoms with E-state index in [9.17, 15) is 0 Å². The first-order valence-corrected chi connectivity index (χ1v) is 7.16. The van der Waals surface area contributed by atoms with Crippen LogP contribution in [-0.4, -0.2) is 24.2 Å². The molecule has 0 atom stereocenters. The number of ether oxygens (including phenoxy) is 2. The Labute approximate surface area is 115 Å². The molecule has 1 aromatic heterocycles. The van der Waals surface area contributed by atoms with Crippen molar-refractivity contribution in [3.05, 3.63) is 23.8 Å². The predicted molar refractivity (Wildman–Crippen MR) is 73.8 cm³/mol. The average molecular weight is 264 g/mol. The lowest BCUT2D eigenvalue weighted by molar-refractivity contribution is -0.108. The molecule has 1 saturated carbocycles. The molecule has 0 saturated heterocycles. The topological polar surface area (TPSA) is 44.2 Å². The van der Waals surface area contributed by atoms with Gasteiger partial charge in [0.2, 0.25) is 6.29 Å². The second-order valence-corrected chi connectivity index (χ2v) is 5.27. The SMILES string of the molecule is CCC1CCC(c2nccc(C(OC)OC)n2)CC1. The second kappa shape index (κ2) is 6.96. The maximum atomic E-state index is 5.25. The van der Waals surface area contributed by atoms with Crippen LogP contribution in [0, 0.1) is 5.92 Å². The van der Waals surface area contributed by atoms with E-state index in [1.165, 1.54) is 32.1 Å². The minimum atomic E-state index is -0.395. The number of nitrogens with zero attached hydrogens (tertiary/aromatic N) is 2. The number of hydrogen-bond acceptors (Lipinski definition) is 4. The zero-order valence-electron chi connectivity index (χ0n) is 12.1. The van der Waals surface area contributed by atoms with Gasteiger partial charge in [0.25, 0.3) is 0 Å². The van der Waals surface area contributed by atoms with Crippen LogP contribution in [0.2, 0.25) is 0 Å². The molecular formula is C15H24N2O2. The molecule has 0 spiro atoms. The Hall–Kier alpha value is -1.00. The summed E-state index contributed by atoms with van der Waals surface area (Å²) < 4.78 is 10.5. The maximum absolute atomic E-state index is 5.25. The Bertz CT molecular complexity index is 385. The molecule has 1 aliphatic carbocycles. The van der Waals surface area contributed by atoms with E-state index < -0.39 is 6.29 Å². The van der Waals surface area contributed by atoms with E-state index in [0.717, 1.165) is 17.4 Å². The molecule has 0 aliphatic heterocycles. The molecule has 0 unspecified atom stereocenters. The Morgan fingerprint density at radius 3 is 2.47 bits per heavy atom. The normalized spacial score (nSPS) is 23.8. The summed E-state index contributed by atoms with van der Waals surface area (Å²) >= 11 is 0. The van der Waals surface area contributed by atoms with E-state index in [2.05, 4.69) is 16.9 Å². The van der Waals surface area contributed by atoms with Crippen LogP contribution in [0.3, 0.4) is 0 Å². The van der Waals surface area contributed by atoms with E-state index in [0.29, 0.717) is 5.92 Å². The van der Waals surface area contributed by atoms with Gasteiger partial charge in [-0.05, 0) is 37.7 Å². The molecule has 1 aliphatic rings. The molecule has 4 nitrogen and oxygen atoms in total. The third-order valence-electron chi connectivity index (χ3n) is 4.15. The van der Waals surface area contributed by atoms with Crippen molar-refractivity contribution in [3.63, 3.8) is 0 Å². The third-order valence-corrected chi connectivity index (χ3v) is 4.15. The van der Waals surface area contributed by atoms with E-state index >= 15 is 0 Å². The van der Waals surface area contributed by atoms with E-state index in [1.54, 1.807) is 14.2 Å². The fourth-order valence-corrected chi connectivity index (χ4v) is 2.88. The summed E-state index contributed by atoms with van der Waals surface area (Å²) in [5, 5.41) is 0. The lowest BCUT2D eigenvalue weighted by Gasteiger charge is -2.27. The van der Waals surface area contributed by atoms with Crippen LogP contribution in [0.15, 0.2) is 12.3 Å². The fraction of sp³-hybridized carbons (Fsp3) is 0.733. The van der Waals surface area contributed by atoms with Crippen LogP contribution < -0.4 is 0 Å². The Kier molecular flexibility index (Phi) is 5.28. The number of rotatable bonds is 5. The van der Waals surface area contributed by atoms with Gasteiger partial charge in [0.15, 0.2) is 0 Å². The first-order chi connectivity index (χ1) is 9.28. The van der Waals surface area contributed by atoms with Crippen LogP contribution in [0.4, 0.5) is 0 Å². The van der Waals surface area contributed by atoms with Crippen molar-refractivity contribution in [2.24, 2.45) is 5.92 Å². The van der Waals surface area contributed by atoms with Crippen molar-refractivity contribution in [1.29, 1.82) is 0 Å². The highest BCUT2D eigenvalue weighted by atomic mass is 16.7.